The molecule has 0 radical (unpaired) electrons. The molecule has 0 bridgehead atoms. The largest absolute Gasteiger partial charge is 0.426 e. The molecule has 0 N–H and O–H groups in total. The highest BCUT2D eigenvalue weighted by atomic mass is 16.5. The van der Waals surface area contributed by atoms with Gasteiger partial charge in [0, 0.05) is 5.56 Å². The van der Waals surface area contributed by atoms with Crippen molar-refractivity contribution in [1.82, 2.24) is 0 Å². The fourth-order valence-electron chi connectivity index (χ4n) is 2.68. The molecular weight excluding hydrogens is 224 g/mol. The number of ether oxygens (including phenoxy) is 1. The van der Waals surface area contributed by atoms with Crippen molar-refractivity contribution in [1.29, 1.82) is 0 Å². The van der Waals surface area contributed by atoms with Gasteiger partial charge < -0.3 is 4.74 Å². The minimum atomic E-state index is -0.137. The van der Waals surface area contributed by atoms with Crippen LogP contribution >= 0.6 is 0 Å². The molecule has 2 heteroatoms. The number of carbonyl (C=O) groups is 1. The van der Waals surface area contributed by atoms with Crippen LogP contribution < -0.4 is 4.74 Å². The maximum absolute atomic E-state index is 11.5. The van der Waals surface area contributed by atoms with Crippen LogP contribution in [-0.4, -0.2) is 5.97 Å². The molecule has 0 aliphatic carbocycles. The van der Waals surface area contributed by atoms with E-state index in [4.69, 9.17) is 4.74 Å². The van der Waals surface area contributed by atoms with E-state index in [2.05, 4.69) is 47.6 Å². The Bertz CT molecular complexity index is 499. The SMILES string of the molecule is CC(C)(C)c1ccc2c(c1C(C)(C)C)CC(=O)O2. The lowest BCUT2D eigenvalue weighted by Gasteiger charge is -2.31. The molecule has 18 heavy (non-hydrogen) atoms. The number of esters is 1. The van der Waals surface area contributed by atoms with E-state index in [1.165, 1.54) is 11.1 Å². The number of carbonyl (C=O) groups excluding carboxylic acids is 1. The first-order chi connectivity index (χ1) is 8.10. The summed E-state index contributed by atoms with van der Waals surface area (Å²) in [6.45, 7) is 13.2. The van der Waals surface area contributed by atoms with Crippen LogP contribution in [-0.2, 0) is 22.0 Å². The third-order valence-electron chi connectivity index (χ3n) is 3.37. The second-order valence-corrected chi connectivity index (χ2v) is 7.12. The van der Waals surface area contributed by atoms with E-state index in [1.54, 1.807) is 0 Å². The number of hydrogen-bond donors (Lipinski definition) is 0. The summed E-state index contributed by atoms with van der Waals surface area (Å²) < 4.78 is 5.27. The quantitative estimate of drug-likeness (QED) is 0.515. The molecule has 98 valence electrons. The maximum Gasteiger partial charge on any atom is 0.315 e. The van der Waals surface area contributed by atoms with Gasteiger partial charge in [-0.15, -0.1) is 0 Å². The van der Waals surface area contributed by atoms with Crippen molar-refractivity contribution in [3.05, 3.63) is 28.8 Å². The highest BCUT2D eigenvalue weighted by molar-refractivity contribution is 5.82. The van der Waals surface area contributed by atoms with Gasteiger partial charge in [0.2, 0.25) is 0 Å². The lowest BCUT2D eigenvalue weighted by molar-refractivity contribution is -0.131. The van der Waals surface area contributed by atoms with Crippen molar-refractivity contribution in [2.75, 3.05) is 0 Å². The van der Waals surface area contributed by atoms with Crippen LogP contribution in [0.4, 0.5) is 0 Å². The number of benzene rings is 1. The zero-order valence-corrected chi connectivity index (χ0v) is 12.2. The number of hydrogen-bond acceptors (Lipinski definition) is 2. The van der Waals surface area contributed by atoms with Crippen LogP contribution in [0.25, 0.3) is 0 Å². The van der Waals surface area contributed by atoms with Crippen LogP contribution in [0.3, 0.4) is 0 Å². The molecule has 0 saturated carbocycles. The Hall–Kier alpha value is -1.31. The molecule has 0 aromatic heterocycles. The maximum atomic E-state index is 11.5. The predicted molar refractivity (Wildman–Crippen MR) is 73.2 cm³/mol. The van der Waals surface area contributed by atoms with E-state index in [0.29, 0.717) is 6.42 Å². The monoisotopic (exact) mass is 246 g/mol. The lowest BCUT2D eigenvalue weighted by Crippen LogP contribution is -2.23. The fourth-order valence-corrected chi connectivity index (χ4v) is 2.68. The van der Waals surface area contributed by atoms with Gasteiger partial charge in [0.1, 0.15) is 5.75 Å². The third-order valence-corrected chi connectivity index (χ3v) is 3.37. The smallest absolute Gasteiger partial charge is 0.315 e. The molecule has 1 aromatic carbocycles. The first-order valence-corrected chi connectivity index (χ1v) is 6.48. The van der Waals surface area contributed by atoms with Crippen LogP contribution in [0.5, 0.6) is 5.75 Å². The molecule has 0 unspecified atom stereocenters. The first-order valence-electron chi connectivity index (χ1n) is 6.48. The Morgan fingerprint density at radius 3 is 2.11 bits per heavy atom. The zero-order valence-electron chi connectivity index (χ0n) is 12.2. The van der Waals surface area contributed by atoms with Crippen LogP contribution in [0.1, 0.15) is 58.2 Å². The Kier molecular flexibility index (Phi) is 2.80. The van der Waals surface area contributed by atoms with Gasteiger partial charge in [0.05, 0.1) is 6.42 Å². The van der Waals surface area contributed by atoms with Gasteiger partial charge in [0.15, 0.2) is 0 Å². The highest BCUT2D eigenvalue weighted by Gasteiger charge is 2.33. The molecule has 0 atom stereocenters. The van der Waals surface area contributed by atoms with Crippen molar-refractivity contribution < 1.29 is 9.53 Å². The summed E-state index contributed by atoms with van der Waals surface area (Å²) >= 11 is 0. The average molecular weight is 246 g/mol. The molecule has 0 fully saturated rings. The summed E-state index contributed by atoms with van der Waals surface area (Å²) in [4.78, 5) is 11.5. The van der Waals surface area contributed by atoms with Gasteiger partial charge in [-0.3, -0.25) is 4.79 Å². The predicted octanol–water partition coefficient (Wildman–Crippen LogP) is 3.74. The summed E-state index contributed by atoms with van der Waals surface area (Å²) in [5.41, 5.74) is 3.76. The van der Waals surface area contributed by atoms with Gasteiger partial charge in [-0.05, 0) is 28.0 Å². The fraction of sp³-hybridized carbons (Fsp3) is 0.562. The van der Waals surface area contributed by atoms with Crippen molar-refractivity contribution >= 4 is 5.97 Å². The lowest BCUT2D eigenvalue weighted by atomic mass is 9.73. The minimum absolute atomic E-state index is 0.0158. The zero-order chi connectivity index (χ0) is 13.7. The second-order valence-electron chi connectivity index (χ2n) is 7.12. The topological polar surface area (TPSA) is 26.3 Å². The second kappa shape index (κ2) is 3.84. The Morgan fingerprint density at radius 1 is 1.00 bits per heavy atom. The molecule has 0 spiro atoms. The molecule has 2 nitrogen and oxygen atoms in total. The van der Waals surface area contributed by atoms with Gasteiger partial charge in [0.25, 0.3) is 0 Å². The van der Waals surface area contributed by atoms with Gasteiger partial charge in [-0.2, -0.15) is 0 Å². The summed E-state index contributed by atoms with van der Waals surface area (Å²) in [6, 6.07) is 4.05. The van der Waals surface area contributed by atoms with E-state index < -0.39 is 0 Å². The highest BCUT2D eigenvalue weighted by Crippen LogP contribution is 2.42. The van der Waals surface area contributed by atoms with Crippen molar-refractivity contribution in [2.45, 2.75) is 58.8 Å². The summed E-state index contributed by atoms with van der Waals surface area (Å²) in [7, 11) is 0. The van der Waals surface area contributed by atoms with E-state index in [9.17, 15) is 4.79 Å². The van der Waals surface area contributed by atoms with Gasteiger partial charge in [-0.25, -0.2) is 0 Å². The standard InChI is InChI=1S/C16H22O2/c1-15(2,3)11-7-8-12-10(9-13(17)18-12)14(11)16(4,5)6/h7-8H,9H2,1-6H3. The van der Waals surface area contributed by atoms with E-state index in [1.807, 2.05) is 6.07 Å². The summed E-state index contributed by atoms with van der Waals surface area (Å²) in [5.74, 6) is 0.611. The molecule has 0 amide bonds. The third kappa shape index (κ3) is 2.16. The molecule has 0 saturated heterocycles. The van der Waals surface area contributed by atoms with Crippen LogP contribution in [0, 0.1) is 0 Å². The minimum Gasteiger partial charge on any atom is -0.426 e. The molecule has 2 rings (SSSR count). The first kappa shape index (κ1) is 13.1. The molecular formula is C16H22O2. The Labute approximate surface area is 109 Å². The number of rotatable bonds is 0. The summed E-state index contributed by atoms with van der Waals surface area (Å²) in [5, 5.41) is 0. The van der Waals surface area contributed by atoms with Gasteiger partial charge >= 0.3 is 5.97 Å². The van der Waals surface area contributed by atoms with Crippen LogP contribution in [0.15, 0.2) is 12.1 Å². The van der Waals surface area contributed by atoms with Crippen LogP contribution in [0.2, 0.25) is 0 Å². The normalized spacial score (nSPS) is 15.6. The molecule has 1 aliphatic rings. The van der Waals surface area contributed by atoms with Crippen molar-refractivity contribution in [3.63, 3.8) is 0 Å². The Balaban J connectivity index is 2.73. The number of fused-ring (bicyclic) bond motifs is 1. The Morgan fingerprint density at radius 2 is 1.61 bits per heavy atom. The molecule has 1 aliphatic heterocycles. The molecule has 1 heterocycles. The average Bonchev–Trinajstić information content (AvgIpc) is 2.52. The van der Waals surface area contributed by atoms with Gasteiger partial charge in [-0.1, -0.05) is 47.6 Å². The van der Waals surface area contributed by atoms with Crippen molar-refractivity contribution in [3.8, 4) is 5.75 Å². The van der Waals surface area contributed by atoms with E-state index >= 15 is 0 Å². The van der Waals surface area contributed by atoms with Crippen molar-refractivity contribution in [2.24, 2.45) is 0 Å². The van der Waals surface area contributed by atoms with E-state index in [0.717, 1.165) is 11.3 Å². The molecule has 1 aromatic rings. The van der Waals surface area contributed by atoms with E-state index in [-0.39, 0.29) is 16.8 Å². The summed E-state index contributed by atoms with van der Waals surface area (Å²) in [6.07, 6.45) is 0.409.